The average molecular weight is 795 g/mol. The number of anilines is 1. The molecule has 1 unspecified atom stereocenters. The Morgan fingerprint density at radius 2 is 1.57 bits per heavy atom. The lowest BCUT2D eigenvalue weighted by atomic mass is 9.89. The third-order valence-corrected chi connectivity index (χ3v) is 10.6. The molecule has 3 aliphatic rings. The summed E-state index contributed by atoms with van der Waals surface area (Å²) in [5.41, 5.74) is 14.5. The second kappa shape index (κ2) is 24.6. The molecule has 0 bridgehead atoms. The molecule has 2 saturated carbocycles. The monoisotopic (exact) mass is 795 g/mol. The number of nitrogens with one attached hydrogen (secondary N) is 1. The van der Waals surface area contributed by atoms with Crippen LogP contribution < -0.4 is 22.5 Å². The maximum Gasteiger partial charge on any atom is 0.416 e. The van der Waals surface area contributed by atoms with Crippen molar-refractivity contribution in [3.63, 3.8) is 0 Å². The summed E-state index contributed by atoms with van der Waals surface area (Å²) in [6.45, 7) is 7.69. The topological polar surface area (TPSA) is 200 Å². The lowest BCUT2D eigenvalue weighted by molar-refractivity contribution is -0.137. The van der Waals surface area contributed by atoms with Gasteiger partial charge in [-0.15, -0.1) is 0 Å². The first-order chi connectivity index (χ1) is 26.5. The fourth-order valence-corrected chi connectivity index (χ4v) is 7.04. The molecule has 1 aromatic carbocycles. The lowest BCUT2D eigenvalue weighted by Crippen LogP contribution is -2.46. The molecule has 16 heteroatoms. The van der Waals surface area contributed by atoms with Crippen LogP contribution in [0.1, 0.15) is 123 Å². The third kappa shape index (κ3) is 16.6. The van der Waals surface area contributed by atoms with Crippen molar-refractivity contribution in [2.24, 2.45) is 23.1 Å². The van der Waals surface area contributed by atoms with Crippen LogP contribution in [-0.2, 0) is 30.1 Å². The number of ether oxygens (including phenoxy) is 1. The molecule has 2 heterocycles. The maximum atomic E-state index is 13.2. The van der Waals surface area contributed by atoms with Gasteiger partial charge in [0, 0.05) is 62.5 Å². The minimum atomic E-state index is -4.45. The number of carbonyl (C=O) groups is 4. The SMILES string of the molecule is CC(C)N(C)C1CCC(N2CCC(Nc3ncnc4ccc(C(F)(F)F)cc34)C2=O)CC1.CCCCC(N)=O.COCCCC(N)=O.NC(=O)C1CCCCC1. The number of unbranched alkanes of at least 4 members (excludes halogenated alkanes) is 1. The van der Waals surface area contributed by atoms with Gasteiger partial charge in [-0.25, -0.2) is 9.97 Å². The van der Waals surface area contributed by atoms with Gasteiger partial charge in [0.05, 0.1) is 11.1 Å². The Balaban J connectivity index is 0.000000364. The number of primary amides is 3. The summed E-state index contributed by atoms with van der Waals surface area (Å²) in [5, 5.41) is 3.37. The van der Waals surface area contributed by atoms with E-state index in [4.69, 9.17) is 17.2 Å². The molecule has 3 fully saturated rings. The number of aromatic nitrogens is 2. The van der Waals surface area contributed by atoms with E-state index in [2.05, 4.69) is 45.8 Å². The number of carbonyl (C=O) groups excluding carboxylic acids is 4. The molecule has 7 N–H and O–H groups in total. The van der Waals surface area contributed by atoms with Crippen molar-refractivity contribution < 1.29 is 37.1 Å². The molecule has 1 saturated heterocycles. The van der Waals surface area contributed by atoms with Crippen molar-refractivity contribution in [3.8, 4) is 0 Å². The van der Waals surface area contributed by atoms with Gasteiger partial charge in [0.2, 0.25) is 23.6 Å². The molecule has 1 aromatic heterocycles. The minimum absolute atomic E-state index is 0.00408. The van der Waals surface area contributed by atoms with Crippen molar-refractivity contribution in [3.05, 3.63) is 30.1 Å². The number of likely N-dealkylation sites (tertiary alicyclic amines) is 1. The van der Waals surface area contributed by atoms with E-state index < -0.39 is 17.8 Å². The highest BCUT2D eigenvalue weighted by atomic mass is 19.4. The van der Waals surface area contributed by atoms with Crippen LogP contribution in [0.2, 0.25) is 0 Å². The first-order valence-corrected chi connectivity index (χ1v) is 20.0. The molecule has 4 amide bonds. The van der Waals surface area contributed by atoms with E-state index >= 15 is 0 Å². The quantitative estimate of drug-likeness (QED) is 0.178. The molecular weight excluding hydrogens is 729 g/mol. The smallest absolute Gasteiger partial charge is 0.385 e. The highest BCUT2D eigenvalue weighted by Gasteiger charge is 2.38. The Hall–Kier alpha value is -4.05. The predicted octanol–water partition coefficient (Wildman–Crippen LogP) is 5.93. The van der Waals surface area contributed by atoms with Gasteiger partial charge >= 0.3 is 6.18 Å². The molecule has 1 aliphatic heterocycles. The molecule has 13 nitrogen and oxygen atoms in total. The van der Waals surface area contributed by atoms with E-state index in [1.807, 2.05) is 11.8 Å². The summed E-state index contributed by atoms with van der Waals surface area (Å²) in [4.78, 5) is 56.3. The van der Waals surface area contributed by atoms with Crippen LogP contribution in [0.4, 0.5) is 19.0 Å². The fraction of sp³-hybridized carbons (Fsp3) is 0.700. The summed E-state index contributed by atoms with van der Waals surface area (Å²) in [6, 6.07) is 4.17. The highest BCUT2D eigenvalue weighted by Crippen LogP contribution is 2.34. The Kier molecular flexibility index (Phi) is 21.1. The summed E-state index contributed by atoms with van der Waals surface area (Å²) in [7, 11) is 3.76. The summed E-state index contributed by atoms with van der Waals surface area (Å²) in [5.74, 6) is -0.0923. The summed E-state index contributed by atoms with van der Waals surface area (Å²) in [6.07, 6.45) is 10.9. The number of hydrogen-bond donors (Lipinski definition) is 4. The van der Waals surface area contributed by atoms with Crippen LogP contribution in [0.15, 0.2) is 24.5 Å². The third-order valence-electron chi connectivity index (χ3n) is 10.6. The number of alkyl halides is 3. The second-order valence-electron chi connectivity index (χ2n) is 15.1. The van der Waals surface area contributed by atoms with Crippen LogP contribution in [-0.4, -0.2) is 94.9 Å². The second-order valence-corrected chi connectivity index (χ2v) is 15.1. The molecule has 0 radical (unpaired) electrons. The van der Waals surface area contributed by atoms with Crippen LogP contribution in [0.3, 0.4) is 0 Å². The van der Waals surface area contributed by atoms with Crippen LogP contribution in [0, 0.1) is 5.92 Å². The largest absolute Gasteiger partial charge is 0.416 e. The Bertz CT molecular complexity index is 1510. The number of amides is 4. The van der Waals surface area contributed by atoms with E-state index in [-0.39, 0.29) is 46.8 Å². The molecule has 2 aliphatic carbocycles. The molecule has 1 atom stereocenters. The zero-order valence-corrected chi connectivity index (χ0v) is 33.9. The Morgan fingerprint density at radius 1 is 0.946 bits per heavy atom. The lowest BCUT2D eigenvalue weighted by Gasteiger charge is -2.39. The minimum Gasteiger partial charge on any atom is -0.385 e. The standard InChI is InChI=1S/C23H30F3N5O.C7H13NO.C5H11NO2.C5H11NO/c1-14(2)30(3)16-5-7-17(8-6-16)31-11-10-20(22(31)32)29-21-18-12-15(23(24,25)26)4-9-19(18)27-13-28-21;8-7(9)6-4-2-1-3-5-6;1-8-4-2-3-5(6)7;1-2-3-4-5(6)7/h4,9,12-14,16-17,20H,5-8,10-11H2,1-3H3,(H,27,28,29);6H,1-5H2,(H2,8,9);2-4H2,1H3,(H2,6,7);2-4H2,1H3,(H2,6,7). The molecule has 5 rings (SSSR count). The van der Waals surface area contributed by atoms with E-state index in [9.17, 15) is 32.3 Å². The first kappa shape index (κ1) is 48.1. The Morgan fingerprint density at radius 3 is 2.07 bits per heavy atom. The van der Waals surface area contributed by atoms with Gasteiger partial charge in [-0.2, -0.15) is 13.2 Å². The van der Waals surface area contributed by atoms with Gasteiger partial charge in [0.15, 0.2) is 0 Å². The number of benzene rings is 1. The summed E-state index contributed by atoms with van der Waals surface area (Å²) < 4.78 is 44.2. The van der Waals surface area contributed by atoms with Crippen molar-refractivity contribution in [1.29, 1.82) is 0 Å². The number of methoxy groups -OCH3 is 1. The van der Waals surface area contributed by atoms with Gasteiger partial charge in [-0.3, -0.25) is 19.2 Å². The van der Waals surface area contributed by atoms with Crippen LogP contribution >= 0.6 is 0 Å². The molecule has 2 aromatic rings. The number of hydrogen-bond acceptors (Lipinski definition) is 9. The molecule has 316 valence electrons. The van der Waals surface area contributed by atoms with Gasteiger partial charge in [0.1, 0.15) is 18.2 Å². The molecular formula is C40H65F3N8O5. The fourth-order valence-electron chi connectivity index (χ4n) is 7.04. The first-order valence-electron chi connectivity index (χ1n) is 20.0. The summed E-state index contributed by atoms with van der Waals surface area (Å²) >= 11 is 0. The van der Waals surface area contributed by atoms with Crippen molar-refractivity contribution in [2.45, 2.75) is 147 Å². The van der Waals surface area contributed by atoms with E-state index in [1.54, 1.807) is 7.11 Å². The Labute approximate surface area is 330 Å². The normalized spacial score (nSPS) is 20.0. The van der Waals surface area contributed by atoms with Crippen LogP contribution in [0.5, 0.6) is 0 Å². The van der Waals surface area contributed by atoms with Gasteiger partial charge in [0.25, 0.3) is 0 Å². The van der Waals surface area contributed by atoms with Gasteiger partial charge < -0.3 is 37.1 Å². The maximum absolute atomic E-state index is 13.2. The average Bonchev–Trinajstić information content (AvgIpc) is 3.53. The van der Waals surface area contributed by atoms with Crippen molar-refractivity contribution in [1.82, 2.24) is 19.8 Å². The van der Waals surface area contributed by atoms with Gasteiger partial charge in [-0.1, -0.05) is 32.6 Å². The van der Waals surface area contributed by atoms with Crippen molar-refractivity contribution >= 4 is 40.3 Å². The van der Waals surface area contributed by atoms with Gasteiger partial charge in [-0.05, 0) is 96.9 Å². The number of nitrogens with two attached hydrogens (primary N) is 3. The zero-order chi connectivity index (χ0) is 41.8. The highest BCUT2D eigenvalue weighted by molar-refractivity contribution is 5.93. The molecule has 56 heavy (non-hydrogen) atoms. The van der Waals surface area contributed by atoms with Crippen LogP contribution in [0.25, 0.3) is 10.9 Å². The van der Waals surface area contributed by atoms with Crippen molar-refractivity contribution in [2.75, 3.05) is 32.6 Å². The number of halogens is 3. The van der Waals surface area contributed by atoms with E-state index in [0.29, 0.717) is 50.0 Å². The zero-order valence-electron chi connectivity index (χ0n) is 33.9. The number of nitrogens with zero attached hydrogens (tertiary/aromatic N) is 4. The van der Waals surface area contributed by atoms with E-state index in [1.165, 1.54) is 31.7 Å². The predicted molar refractivity (Wildman–Crippen MR) is 212 cm³/mol. The number of rotatable bonds is 13. The molecule has 0 spiro atoms. The van der Waals surface area contributed by atoms with E-state index in [0.717, 1.165) is 69.9 Å². The number of fused-ring (bicyclic) bond motifs is 1.